The maximum Gasteiger partial charge on any atom is 0.163 e. The van der Waals surface area contributed by atoms with E-state index in [9.17, 15) is 4.79 Å². The molecule has 2 unspecified atom stereocenters. The van der Waals surface area contributed by atoms with Gasteiger partial charge in [-0.25, -0.2) is 0 Å². The smallest absolute Gasteiger partial charge is 0.163 e. The van der Waals surface area contributed by atoms with Crippen LogP contribution in [-0.2, 0) is 4.79 Å². The lowest BCUT2D eigenvalue weighted by atomic mass is 9.78. The molecule has 198 valence electrons. The fourth-order valence-corrected chi connectivity index (χ4v) is 5.31. The van der Waals surface area contributed by atoms with Crippen LogP contribution in [0.15, 0.2) is 71.9 Å². The summed E-state index contributed by atoms with van der Waals surface area (Å²) in [6.07, 6.45) is 1.11. The van der Waals surface area contributed by atoms with Gasteiger partial charge in [0.25, 0.3) is 0 Å². The number of ketones is 1. The minimum Gasteiger partial charge on any atom is -0.497 e. The molecule has 2 atom stereocenters. The summed E-state index contributed by atoms with van der Waals surface area (Å²) in [5.74, 6) is 2.82. The normalized spacial score (nSPS) is 18.5. The van der Waals surface area contributed by atoms with E-state index in [1.165, 1.54) is 0 Å². The number of carbonyl (C=O) groups is 1. The third-order valence-electron chi connectivity index (χ3n) is 7.08. The van der Waals surface area contributed by atoms with E-state index in [1.54, 1.807) is 21.3 Å². The van der Waals surface area contributed by atoms with Crippen molar-refractivity contribution >= 4 is 17.2 Å². The van der Waals surface area contributed by atoms with Crippen LogP contribution >= 0.6 is 0 Å². The first-order chi connectivity index (χ1) is 18.4. The maximum atomic E-state index is 13.9. The van der Waals surface area contributed by atoms with E-state index in [0.29, 0.717) is 35.8 Å². The average molecular weight is 515 g/mol. The molecule has 0 saturated carbocycles. The number of methoxy groups -OCH3 is 3. The summed E-state index contributed by atoms with van der Waals surface area (Å²) in [5.41, 5.74) is 5.42. The summed E-state index contributed by atoms with van der Waals surface area (Å²) >= 11 is 0. The number of rotatable bonds is 7. The van der Waals surface area contributed by atoms with Crippen molar-refractivity contribution in [3.05, 3.63) is 83.1 Å². The number of nitrogens with one attached hydrogen (secondary N) is 2. The second-order valence-electron chi connectivity index (χ2n) is 9.85. The molecule has 0 amide bonds. The van der Waals surface area contributed by atoms with Gasteiger partial charge in [-0.3, -0.25) is 4.79 Å². The number of benzene rings is 3. The van der Waals surface area contributed by atoms with Crippen molar-refractivity contribution in [2.45, 2.75) is 44.8 Å². The SMILES string of the molecule is COc1ccc(C2Nc3ccccc3NC3=C2C(=O)CC(c2ccc(OC(C)C)c(OC)c2)C3)c(OC)c1. The Balaban J connectivity index is 1.57. The van der Waals surface area contributed by atoms with Crippen molar-refractivity contribution < 1.29 is 23.7 Å². The molecule has 7 heteroatoms. The number of hydrogen-bond donors (Lipinski definition) is 2. The minimum atomic E-state index is -0.383. The van der Waals surface area contributed by atoms with Crippen LogP contribution < -0.4 is 29.6 Å². The van der Waals surface area contributed by atoms with Crippen LogP contribution in [0.4, 0.5) is 11.4 Å². The summed E-state index contributed by atoms with van der Waals surface area (Å²) in [5, 5.41) is 7.21. The summed E-state index contributed by atoms with van der Waals surface area (Å²) in [6.45, 7) is 3.97. The highest BCUT2D eigenvalue weighted by atomic mass is 16.5. The molecule has 0 bridgehead atoms. The predicted molar refractivity (Wildman–Crippen MR) is 149 cm³/mol. The lowest BCUT2D eigenvalue weighted by Gasteiger charge is -2.30. The number of ether oxygens (including phenoxy) is 4. The third kappa shape index (κ3) is 4.88. The molecule has 5 rings (SSSR count). The number of carbonyl (C=O) groups excluding carboxylic acids is 1. The van der Waals surface area contributed by atoms with Crippen molar-refractivity contribution in [3.63, 3.8) is 0 Å². The van der Waals surface area contributed by atoms with E-state index in [2.05, 4.69) is 10.6 Å². The van der Waals surface area contributed by atoms with E-state index in [-0.39, 0.29) is 23.8 Å². The predicted octanol–water partition coefficient (Wildman–Crippen LogP) is 6.48. The lowest BCUT2D eigenvalue weighted by molar-refractivity contribution is -0.116. The van der Waals surface area contributed by atoms with Gasteiger partial charge < -0.3 is 29.6 Å². The van der Waals surface area contributed by atoms with Gasteiger partial charge in [0.15, 0.2) is 17.3 Å². The van der Waals surface area contributed by atoms with Gasteiger partial charge in [0, 0.05) is 29.3 Å². The molecular formula is C31H34N2O5. The van der Waals surface area contributed by atoms with Gasteiger partial charge in [0.1, 0.15) is 11.5 Å². The first-order valence-electron chi connectivity index (χ1n) is 12.9. The lowest BCUT2D eigenvalue weighted by Crippen LogP contribution is -2.27. The van der Waals surface area contributed by atoms with Gasteiger partial charge in [-0.05, 0) is 68.1 Å². The number of fused-ring (bicyclic) bond motifs is 1. The highest BCUT2D eigenvalue weighted by molar-refractivity contribution is 6.01. The number of para-hydroxylation sites is 2. The Bertz CT molecular complexity index is 1380. The first-order valence-corrected chi connectivity index (χ1v) is 12.9. The molecule has 0 aromatic heterocycles. The topological polar surface area (TPSA) is 78.1 Å². The Morgan fingerprint density at radius 3 is 2.29 bits per heavy atom. The Hall–Kier alpha value is -4.13. The average Bonchev–Trinajstić information content (AvgIpc) is 3.09. The highest BCUT2D eigenvalue weighted by Crippen LogP contribution is 2.47. The number of allylic oxidation sites excluding steroid dienone is 1. The first kappa shape index (κ1) is 25.5. The van der Waals surface area contributed by atoms with Gasteiger partial charge in [-0.15, -0.1) is 0 Å². The van der Waals surface area contributed by atoms with Crippen molar-refractivity contribution in [2.24, 2.45) is 0 Å². The van der Waals surface area contributed by atoms with Crippen molar-refractivity contribution in [1.29, 1.82) is 0 Å². The Morgan fingerprint density at radius 2 is 1.58 bits per heavy atom. The molecule has 0 radical (unpaired) electrons. The number of Topliss-reactive ketones (excluding diaryl/α,β-unsaturated/α-hetero) is 1. The van der Waals surface area contributed by atoms with Crippen molar-refractivity contribution in [1.82, 2.24) is 0 Å². The molecule has 1 aliphatic heterocycles. The summed E-state index contributed by atoms with van der Waals surface area (Å²) in [6, 6.07) is 19.3. The summed E-state index contributed by atoms with van der Waals surface area (Å²) in [7, 11) is 4.90. The van der Waals surface area contributed by atoms with Crippen molar-refractivity contribution in [2.75, 3.05) is 32.0 Å². The van der Waals surface area contributed by atoms with Gasteiger partial charge in [0.2, 0.25) is 0 Å². The fraction of sp³-hybridized carbons (Fsp3) is 0.323. The number of hydrogen-bond acceptors (Lipinski definition) is 7. The van der Waals surface area contributed by atoms with E-state index >= 15 is 0 Å². The molecule has 0 fully saturated rings. The van der Waals surface area contributed by atoms with E-state index in [4.69, 9.17) is 18.9 Å². The standard InChI is InChI=1S/C31H34N2O5/c1-18(2)38-27-13-10-19(16-29(27)37-5)20-14-25-30(26(34)15-20)31(33-24-9-7-6-8-23(24)32-25)22-12-11-21(35-3)17-28(22)36-4/h6-13,16-18,20,31-33H,14-15H2,1-5H3. The van der Waals surface area contributed by atoms with Crippen LogP contribution in [-0.4, -0.2) is 33.2 Å². The molecule has 38 heavy (non-hydrogen) atoms. The van der Waals surface area contributed by atoms with Crippen LogP contribution in [0, 0.1) is 0 Å². The monoisotopic (exact) mass is 514 g/mol. The quantitative estimate of drug-likeness (QED) is 0.374. The van der Waals surface area contributed by atoms with Crippen LogP contribution in [0.1, 0.15) is 49.8 Å². The molecule has 2 aliphatic rings. The fourth-order valence-electron chi connectivity index (χ4n) is 5.31. The maximum absolute atomic E-state index is 13.9. The molecule has 0 saturated heterocycles. The summed E-state index contributed by atoms with van der Waals surface area (Å²) in [4.78, 5) is 13.9. The van der Waals surface area contributed by atoms with Crippen molar-refractivity contribution in [3.8, 4) is 23.0 Å². The molecular weight excluding hydrogens is 480 g/mol. The molecule has 3 aromatic carbocycles. The van der Waals surface area contributed by atoms with Gasteiger partial charge >= 0.3 is 0 Å². The van der Waals surface area contributed by atoms with Crippen LogP contribution in [0.25, 0.3) is 0 Å². The molecule has 2 N–H and O–H groups in total. The Morgan fingerprint density at radius 1 is 0.816 bits per heavy atom. The zero-order valence-corrected chi connectivity index (χ0v) is 22.5. The van der Waals surface area contributed by atoms with E-state index in [0.717, 1.165) is 33.8 Å². The van der Waals surface area contributed by atoms with E-state index in [1.807, 2.05) is 74.5 Å². The largest absolute Gasteiger partial charge is 0.497 e. The molecule has 0 spiro atoms. The minimum absolute atomic E-state index is 0.000532. The second-order valence-corrected chi connectivity index (χ2v) is 9.85. The summed E-state index contributed by atoms with van der Waals surface area (Å²) < 4.78 is 22.7. The van der Waals surface area contributed by atoms with Crippen LogP contribution in [0.5, 0.6) is 23.0 Å². The van der Waals surface area contributed by atoms with Gasteiger partial charge in [0.05, 0.1) is 44.8 Å². The molecule has 1 aliphatic carbocycles. The highest BCUT2D eigenvalue weighted by Gasteiger charge is 2.37. The molecule has 3 aromatic rings. The Labute approximate surface area is 223 Å². The van der Waals surface area contributed by atoms with E-state index < -0.39 is 0 Å². The van der Waals surface area contributed by atoms with Gasteiger partial charge in [-0.2, -0.15) is 0 Å². The van der Waals surface area contributed by atoms with Crippen LogP contribution in [0.2, 0.25) is 0 Å². The van der Waals surface area contributed by atoms with Crippen LogP contribution in [0.3, 0.4) is 0 Å². The second kappa shape index (κ2) is 10.7. The van der Waals surface area contributed by atoms with Gasteiger partial charge in [-0.1, -0.05) is 18.2 Å². The third-order valence-corrected chi connectivity index (χ3v) is 7.08. The molecule has 1 heterocycles. The zero-order chi connectivity index (χ0) is 26.8. The zero-order valence-electron chi connectivity index (χ0n) is 22.5. The number of anilines is 2. The Kier molecular flexibility index (Phi) is 7.18. The molecule has 7 nitrogen and oxygen atoms in total.